The molecule has 0 saturated heterocycles. The maximum atomic E-state index is 5.65. The number of thiophene rings is 1. The van der Waals surface area contributed by atoms with Crippen molar-refractivity contribution >= 4 is 33.2 Å². The second-order valence-electron chi connectivity index (χ2n) is 2.01. The molecule has 1 aliphatic rings. The second-order valence-corrected chi connectivity index (χ2v) is 3.28. The van der Waals surface area contributed by atoms with Crippen molar-refractivity contribution in [1.82, 2.24) is 0 Å². The van der Waals surface area contributed by atoms with Crippen molar-refractivity contribution in [3.05, 3.63) is 17.0 Å². The van der Waals surface area contributed by atoms with Gasteiger partial charge in [0.15, 0.2) is 5.29 Å². The molecule has 1 aliphatic heterocycles. The Morgan fingerprint density at radius 3 is 3.50 bits per heavy atom. The van der Waals surface area contributed by atoms with E-state index in [9.17, 15) is 0 Å². The van der Waals surface area contributed by atoms with Gasteiger partial charge in [-0.2, -0.15) is 0 Å². The molecule has 0 spiro atoms. The lowest BCUT2D eigenvalue weighted by Crippen LogP contribution is -2.09. The highest BCUT2D eigenvalue weighted by Gasteiger charge is 2.09. The van der Waals surface area contributed by atoms with E-state index in [0.29, 0.717) is 11.8 Å². The van der Waals surface area contributed by atoms with Gasteiger partial charge in [-0.15, -0.1) is 11.3 Å². The lowest BCUT2D eigenvalue weighted by molar-refractivity contribution is 1.07. The average molecular weight is 173 g/mol. The van der Waals surface area contributed by atoms with E-state index in [4.69, 9.17) is 11.6 Å². The van der Waals surface area contributed by atoms with Crippen LogP contribution in [0.4, 0.5) is 5.00 Å². The Hall–Kier alpha value is -0.540. The molecule has 2 heterocycles. The normalized spacial score (nSPS) is 15.5. The Morgan fingerprint density at radius 1 is 1.70 bits per heavy atom. The first-order valence-electron chi connectivity index (χ1n) is 2.89. The van der Waals surface area contributed by atoms with Gasteiger partial charge in [0.25, 0.3) is 0 Å². The zero-order valence-corrected chi connectivity index (χ0v) is 6.67. The molecule has 10 heavy (non-hydrogen) atoms. The molecule has 0 bridgehead atoms. The third kappa shape index (κ3) is 0.914. The van der Waals surface area contributed by atoms with Crippen LogP contribution in [-0.4, -0.2) is 5.29 Å². The highest BCUT2D eigenvalue weighted by atomic mass is 35.5. The Morgan fingerprint density at radius 2 is 2.60 bits per heavy atom. The minimum absolute atomic E-state index is 0.495. The molecule has 1 aromatic heterocycles. The van der Waals surface area contributed by atoms with Crippen LogP contribution in [-0.2, 0) is 6.54 Å². The number of amidine groups is 1. The van der Waals surface area contributed by atoms with Crippen LogP contribution in [0.15, 0.2) is 16.4 Å². The number of halogens is 1. The summed E-state index contributed by atoms with van der Waals surface area (Å²) in [4.78, 5) is 4.02. The molecule has 0 aliphatic carbocycles. The van der Waals surface area contributed by atoms with Crippen LogP contribution in [0.3, 0.4) is 0 Å². The number of fused-ring (bicyclic) bond motifs is 1. The first-order valence-corrected chi connectivity index (χ1v) is 4.15. The topological polar surface area (TPSA) is 24.4 Å². The lowest BCUT2D eigenvalue weighted by Gasteiger charge is -2.08. The molecule has 1 N–H and O–H groups in total. The Bertz CT molecular complexity index is 279. The van der Waals surface area contributed by atoms with Gasteiger partial charge in [0, 0.05) is 5.56 Å². The second kappa shape index (κ2) is 2.25. The van der Waals surface area contributed by atoms with E-state index in [-0.39, 0.29) is 0 Å². The van der Waals surface area contributed by atoms with Crippen LogP contribution in [0.2, 0.25) is 0 Å². The number of rotatable bonds is 0. The molecule has 0 fully saturated rings. The third-order valence-corrected chi connectivity index (χ3v) is 2.44. The molecule has 0 unspecified atom stereocenters. The first kappa shape index (κ1) is 6.19. The van der Waals surface area contributed by atoms with E-state index in [0.717, 1.165) is 5.00 Å². The maximum absolute atomic E-state index is 5.65. The van der Waals surface area contributed by atoms with Crippen LogP contribution in [0.5, 0.6) is 0 Å². The van der Waals surface area contributed by atoms with Crippen LogP contribution >= 0.6 is 22.9 Å². The van der Waals surface area contributed by atoms with Crippen LogP contribution in [0.1, 0.15) is 5.56 Å². The standard InChI is InChI=1S/C6H5ClN2S/c7-6-8-3-4-1-2-10-5(4)9-6/h1-2H,3H2,(H,8,9). The molecular weight excluding hydrogens is 168 g/mol. The summed E-state index contributed by atoms with van der Waals surface area (Å²) in [5.74, 6) is 0. The largest absolute Gasteiger partial charge is 0.322 e. The highest BCUT2D eigenvalue weighted by molar-refractivity contribution is 7.14. The smallest absolute Gasteiger partial charge is 0.196 e. The fraction of sp³-hybridized carbons (Fsp3) is 0.167. The number of nitrogens with one attached hydrogen (secondary N) is 1. The molecule has 2 nitrogen and oxygen atoms in total. The van der Waals surface area contributed by atoms with Gasteiger partial charge in [-0.05, 0) is 23.0 Å². The molecule has 0 radical (unpaired) electrons. The van der Waals surface area contributed by atoms with E-state index in [1.807, 2.05) is 5.38 Å². The molecule has 0 aromatic carbocycles. The van der Waals surface area contributed by atoms with Gasteiger partial charge in [-0.3, -0.25) is 4.99 Å². The van der Waals surface area contributed by atoms with Crippen molar-refractivity contribution in [2.24, 2.45) is 4.99 Å². The van der Waals surface area contributed by atoms with Gasteiger partial charge in [0.2, 0.25) is 0 Å². The van der Waals surface area contributed by atoms with Crippen molar-refractivity contribution < 1.29 is 0 Å². The van der Waals surface area contributed by atoms with Gasteiger partial charge in [0.1, 0.15) is 0 Å². The van der Waals surface area contributed by atoms with Gasteiger partial charge < -0.3 is 5.32 Å². The molecule has 0 atom stereocenters. The first-order chi connectivity index (χ1) is 4.86. The van der Waals surface area contributed by atoms with Gasteiger partial charge >= 0.3 is 0 Å². The summed E-state index contributed by atoms with van der Waals surface area (Å²) in [7, 11) is 0. The minimum atomic E-state index is 0.495. The molecule has 2 rings (SSSR count). The van der Waals surface area contributed by atoms with E-state index < -0.39 is 0 Å². The van der Waals surface area contributed by atoms with Crippen molar-refractivity contribution in [2.75, 3.05) is 5.32 Å². The fourth-order valence-electron chi connectivity index (χ4n) is 0.858. The van der Waals surface area contributed by atoms with E-state index in [1.165, 1.54) is 5.56 Å². The monoisotopic (exact) mass is 172 g/mol. The van der Waals surface area contributed by atoms with Crippen LogP contribution < -0.4 is 5.32 Å². The summed E-state index contributed by atoms with van der Waals surface area (Å²) >= 11 is 7.30. The van der Waals surface area contributed by atoms with Crippen molar-refractivity contribution in [1.29, 1.82) is 0 Å². The Labute approximate surface area is 67.5 Å². The predicted molar refractivity (Wildman–Crippen MR) is 44.9 cm³/mol. The number of nitrogens with zero attached hydrogens (tertiary/aromatic N) is 1. The van der Waals surface area contributed by atoms with Crippen molar-refractivity contribution in [3.8, 4) is 0 Å². The van der Waals surface area contributed by atoms with E-state index in [2.05, 4.69) is 16.4 Å². The fourth-order valence-corrected chi connectivity index (χ4v) is 1.88. The zero-order valence-electron chi connectivity index (χ0n) is 5.10. The number of aliphatic imine (C=N–C) groups is 1. The summed E-state index contributed by atoms with van der Waals surface area (Å²) in [6.07, 6.45) is 0. The summed E-state index contributed by atoms with van der Waals surface area (Å²) < 4.78 is 0. The molecule has 1 aromatic rings. The van der Waals surface area contributed by atoms with Gasteiger partial charge in [-0.25, -0.2) is 0 Å². The van der Waals surface area contributed by atoms with E-state index in [1.54, 1.807) is 11.3 Å². The molecule has 0 saturated carbocycles. The number of hydrogen-bond acceptors (Lipinski definition) is 3. The van der Waals surface area contributed by atoms with Crippen LogP contribution in [0.25, 0.3) is 0 Å². The summed E-state index contributed by atoms with van der Waals surface area (Å²) in [6.45, 7) is 0.713. The SMILES string of the molecule is ClC1=NCc2ccsc2N1. The molecule has 0 amide bonds. The predicted octanol–water partition coefficient (Wildman–Crippen LogP) is 2.27. The van der Waals surface area contributed by atoms with Crippen LogP contribution in [0, 0.1) is 0 Å². The van der Waals surface area contributed by atoms with Gasteiger partial charge in [-0.1, -0.05) is 0 Å². The van der Waals surface area contributed by atoms with Gasteiger partial charge in [0.05, 0.1) is 11.5 Å². The molecule has 52 valence electrons. The number of anilines is 1. The third-order valence-electron chi connectivity index (χ3n) is 1.35. The lowest BCUT2D eigenvalue weighted by atomic mass is 10.3. The summed E-state index contributed by atoms with van der Waals surface area (Å²) in [5, 5.41) is 6.62. The highest BCUT2D eigenvalue weighted by Crippen LogP contribution is 2.26. The summed E-state index contributed by atoms with van der Waals surface area (Å²) in [5.41, 5.74) is 1.23. The zero-order chi connectivity index (χ0) is 6.97. The number of hydrogen-bond donors (Lipinski definition) is 1. The Kier molecular flexibility index (Phi) is 1.39. The maximum Gasteiger partial charge on any atom is 0.196 e. The molecule has 4 heteroatoms. The van der Waals surface area contributed by atoms with Crippen molar-refractivity contribution in [2.45, 2.75) is 6.54 Å². The quantitative estimate of drug-likeness (QED) is 0.597. The summed E-state index contributed by atoms with van der Waals surface area (Å²) in [6, 6.07) is 2.06. The van der Waals surface area contributed by atoms with Crippen molar-refractivity contribution in [3.63, 3.8) is 0 Å². The minimum Gasteiger partial charge on any atom is -0.322 e. The average Bonchev–Trinajstić information content (AvgIpc) is 2.33. The molecular formula is C6H5ClN2S. The van der Waals surface area contributed by atoms with E-state index >= 15 is 0 Å². The Balaban J connectivity index is 2.39.